The van der Waals surface area contributed by atoms with Crippen LogP contribution in [0.2, 0.25) is 0 Å². The third kappa shape index (κ3) is 3.74. The number of aromatic nitrogens is 2. The smallest absolute Gasteiger partial charge is 0.227 e. The summed E-state index contributed by atoms with van der Waals surface area (Å²) in [6, 6.07) is 25.1. The molecule has 1 aromatic heterocycles. The zero-order valence-electron chi connectivity index (χ0n) is 18.1. The molecule has 0 spiro atoms. The van der Waals surface area contributed by atoms with Crippen molar-refractivity contribution in [1.29, 1.82) is 0 Å². The van der Waals surface area contributed by atoms with Crippen LogP contribution in [0, 0.1) is 13.8 Å². The van der Waals surface area contributed by atoms with E-state index in [0.717, 1.165) is 35.5 Å². The van der Waals surface area contributed by atoms with Gasteiger partial charge in [-0.1, -0.05) is 48.5 Å². The summed E-state index contributed by atoms with van der Waals surface area (Å²) < 4.78 is 2.32. The number of carbonyl (C=O) groups is 1. The van der Waals surface area contributed by atoms with E-state index in [0.29, 0.717) is 13.0 Å². The Kier molecular flexibility index (Phi) is 5.06. The number of hydrogen-bond acceptors (Lipinski definition) is 2. The molecule has 1 atom stereocenters. The molecule has 0 N–H and O–H groups in total. The maximum absolute atomic E-state index is 12.9. The predicted octanol–water partition coefficient (Wildman–Crippen LogP) is 5.42. The first-order chi connectivity index (χ1) is 15.1. The van der Waals surface area contributed by atoms with Crippen LogP contribution in [0.3, 0.4) is 0 Å². The first-order valence-electron chi connectivity index (χ1n) is 11.0. The molecular formula is C27H27N3O. The van der Waals surface area contributed by atoms with Crippen molar-refractivity contribution in [2.45, 2.75) is 39.2 Å². The topological polar surface area (TPSA) is 38.1 Å². The van der Waals surface area contributed by atoms with Gasteiger partial charge in [-0.05, 0) is 61.2 Å². The van der Waals surface area contributed by atoms with Gasteiger partial charge < -0.3 is 9.47 Å². The number of hydrogen-bond donors (Lipinski definition) is 0. The molecule has 3 aromatic carbocycles. The van der Waals surface area contributed by atoms with Gasteiger partial charge in [-0.2, -0.15) is 0 Å². The zero-order chi connectivity index (χ0) is 21.4. The second kappa shape index (κ2) is 8.03. The highest BCUT2D eigenvalue weighted by Gasteiger charge is 2.34. The third-order valence-electron chi connectivity index (χ3n) is 6.44. The van der Waals surface area contributed by atoms with Crippen LogP contribution >= 0.6 is 0 Å². The van der Waals surface area contributed by atoms with Crippen molar-refractivity contribution >= 4 is 22.6 Å². The maximum Gasteiger partial charge on any atom is 0.227 e. The van der Waals surface area contributed by atoms with Gasteiger partial charge in [0.1, 0.15) is 5.82 Å². The number of imidazole rings is 1. The number of benzene rings is 3. The lowest BCUT2D eigenvalue weighted by Gasteiger charge is -2.18. The summed E-state index contributed by atoms with van der Waals surface area (Å²) in [5.74, 6) is 1.30. The summed E-state index contributed by atoms with van der Waals surface area (Å²) in [6.07, 6.45) is 1.44. The minimum Gasteiger partial charge on any atom is -0.327 e. The van der Waals surface area contributed by atoms with E-state index in [1.807, 2.05) is 17.0 Å². The zero-order valence-corrected chi connectivity index (χ0v) is 18.1. The molecule has 1 aliphatic heterocycles. The Balaban J connectivity index is 1.46. The molecule has 0 aliphatic carbocycles. The lowest BCUT2D eigenvalue weighted by molar-refractivity contribution is -0.117. The highest BCUT2D eigenvalue weighted by atomic mass is 16.2. The lowest BCUT2D eigenvalue weighted by atomic mass is 10.1. The second-order valence-corrected chi connectivity index (χ2v) is 8.52. The number of fused-ring (bicyclic) bond motifs is 1. The van der Waals surface area contributed by atoms with E-state index >= 15 is 0 Å². The predicted molar refractivity (Wildman–Crippen MR) is 126 cm³/mol. The summed E-state index contributed by atoms with van der Waals surface area (Å²) in [4.78, 5) is 19.9. The van der Waals surface area contributed by atoms with Crippen LogP contribution in [0.1, 0.15) is 34.9 Å². The largest absolute Gasteiger partial charge is 0.327 e. The van der Waals surface area contributed by atoms with Gasteiger partial charge in [-0.3, -0.25) is 4.79 Å². The molecule has 0 saturated carbocycles. The fourth-order valence-electron chi connectivity index (χ4n) is 4.55. The van der Waals surface area contributed by atoms with Crippen LogP contribution in [0.25, 0.3) is 11.0 Å². The number of anilines is 1. The van der Waals surface area contributed by atoms with Crippen molar-refractivity contribution < 1.29 is 4.79 Å². The van der Waals surface area contributed by atoms with Crippen molar-refractivity contribution in [3.8, 4) is 0 Å². The van der Waals surface area contributed by atoms with E-state index in [1.54, 1.807) is 0 Å². The molecule has 156 valence electrons. The molecule has 1 amide bonds. The van der Waals surface area contributed by atoms with Gasteiger partial charge in [0, 0.05) is 31.1 Å². The molecule has 1 fully saturated rings. The molecule has 0 radical (unpaired) electrons. The number of nitrogens with zero attached hydrogens (tertiary/aromatic N) is 3. The fraction of sp³-hybridized carbons (Fsp3) is 0.259. The molecule has 5 rings (SSSR count). The fourth-order valence-corrected chi connectivity index (χ4v) is 4.55. The van der Waals surface area contributed by atoms with Crippen molar-refractivity contribution in [1.82, 2.24) is 9.55 Å². The van der Waals surface area contributed by atoms with Crippen molar-refractivity contribution in [3.05, 3.63) is 95.3 Å². The molecule has 4 nitrogen and oxygen atoms in total. The molecule has 4 aromatic rings. The van der Waals surface area contributed by atoms with Crippen LogP contribution in [0.15, 0.2) is 72.8 Å². The van der Waals surface area contributed by atoms with Gasteiger partial charge in [-0.25, -0.2) is 4.98 Å². The first kappa shape index (κ1) is 19.6. The standard InChI is InChI=1S/C27H27N3O/c1-19-12-13-23(16-20(19)2)30-18-22(17-26(30)31)27-28-24-10-6-7-11-25(24)29(27)15-14-21-8-4-3-5-9-21/h3-13,16,22H,14-15,17-18H2,1-2H3. The van der Waals surface area contributed by atoms with Gasteiger partial charge in [0.2, 0.25) is 5.91 Å². The summed E-state index contributed by atoms with van der Waals surface area (Å²) in [6.45, 7) is 5.73. The Labute approximate surface area is 183 Å². The molecule has 0 bridgehead atoms. The van der Waals surface area contributed by atoms with Crippen LogP contribution in [-0.2, 0) is 17.8 Å². The maximum atomic E-state index is 12.9. The summed E-state index contributed by atoms with van der Waals surface area (Å²) in [5, 5.41) is 0. The van der Waals surface area contributed by atoms with E-state index in [1.165, 1.54) is 16.7 Å². The van der Waals surface area contributed by atoms with E-state index in [9.17, 15) is 4.79 Å². The first-order valence-corrected chi connectivity index (χ1v) is 11.0. The molecular weight excluding hydrogens is 382 g/mol. The minimum atomic E-state index is 0.0947. The van der Waals surface area contributed by atoms with Crippen molar-refractivity contribution in [2.75, 3.05) is 11.4 Å². The second-order valence-electron chi connectivity index (χ2n) is 8.52. The van der Waals surface area contributed by atoms with E-state index in [-0.39, 0.29) is 11.8 Å². The SMILES string of the molecule is Cc1ccc(N2CC(c3nc4ccccc4n3CCc3ccccc3)CC2=O)cc1C. The van der Waals surface area contributed by atoms with Crippen molar-refractivity contribution in [3.63, 3.8) is 0 Å². The highest BCUT2D eigenvalue weighted by molar-refractivity contribution is 5.96. The van der Waals surface area contributed by atoms with Crippen LogP contribution < -0.4 is 4.90 Å². The summed E-state index contributed by atoms with van der Waals surface area (Å²) >= 11 is 0. The van der Waals surface area contributed by atoms with E-state index in [4.69, 9.17) is 4.98 Å². The van der Waals surface area contributed by atoms with Crippen LogP contribution in [0.5, 0.6) is 0 Å². The van der Waals surface area contributed by atoms with Crippen LogP contribution in [0.4, 0.5) is 5.69 Å². The monoisotopic (exact) mass is 409 g/mol. The average molecular weight is 410 g/mol. The van der Waals surface area contributed by atoms with Crippen molar-refractivity contribution in [2.24, 2.45) is 0 Å². The highest BCUT2D eigenvalue weighted by Crippen LogP contribution is 2.34. The molecule has 4 heteroatoms. The average Bonchev–Trinajstić information content (AvgIpc) is 3.35. The van der Waals surface area contributed by atoms with Gasteiger partial charge in [0.05, 0.1) is 11.0 Å². The Morgan fingerprint density at radius 3 is 2.52 bits per heavy atom. The normalized spacial score (nSPS) is 16.4. The van der Waals surface area contributed by atoms with E-state index in [2.05, 4.69) is 79.1 Å². The number of amides is 1. The molecule has 1 saturated heterocycles. The Bertz CT molecular complexity index is 1240. The Hall–Kier alpha value is -3.40. The molecule has 31 heavy (non-hydrogen) atoms. The molecule has 1 aliphatic rings. The van der Waals surface area contributed by atoms with Gasteiger partial charge in [-0.15, -0.1) is 0 Å². The Morgan fingerprint density at radius 2 is 1.71 bits per heavy atom. The Morgan fingerprint density at radius 1 is 0.935 bits per heavy atom. The molecule has 1 unspecified atom stereocenters. The number of para-hydroxylation sites is 2. The number of rotatable bonds is 5. The quantitative estimate of drug-likeness (QED) is 0.442. The van der Waals surface area contributed by atoms with Gasteiger partial charge in [0.25, 0.3) is 0 Å². The third-order valence-corrected chi connectivity index (χ3v) is 6.44. The lowest BCUT2D eigenvalue weighted by Crippen LogP contribution is -2.24. The summed E-state index contributed by atoms with van der Waals surface area (Å²) in [5.41, 5.74) is 6.90. The summed E-state index contributed by atoms with van der Waals surface area (Å²) in [7, 11) is 0. The van der Waals surface area contributed by atoms with E-state index < -0.39 is 0 Å². The number of carbonyl (C=O) groups excluding carboxylic acids is 1. The van der Waals surface area contributed by atoms with Crippen LogP contribution in [-0.4, -0.2) is 22.0 Å². The molecule has 2 heterocycles. The van der Waals surface area contributed by atoms with Gasteiger partial charge in [0.15, 0.2) is 0 Å². The van der Waals surface area contributed by atoms with Gasteiger partial charge >= 0.3 is 0 Å². The number of aryl methyl sites for hydroxylation is 4. The minimum absolute atomic E-state index is 0.0947.